The van der Waals surface area contributed by atoms with Crippen LogP contribution in [0.3, 0.4) is 0 Å². The Kier molecular flexibility index (Phi) is 8.28. The fourth-order valence-corrected chi connectivity index (χ4v) is 3.88. The number of primary amides is 1. The number of rotatable bonds is 9. The summed E-state index contributed by atoms with van der Waals surface area (Å²) in [7, 11) is 0. The van der Waals surface area contributed by atoms with Crippen LogP contribution in [-0.2, 0) is 22.5 Å². The molecule has 1 saturated heterocycles. The SMILES string of the molecule is NC(=O)c1ccc(CCC(=O)CC[C@H]2CN(Cc3ccc(Cl)c(Cl)c3)CCO2)cc1. The first kappa shape index (κ1) is 22.8. The zero-order valence-corrected chi connectivity index (χ0v) is 18.3. The summed E-state index contributed by atoms with van der Waals surface area (Å²) < 4.78 is 5.85. The quantitative estimate of drug-likeness (QED) is 0.621. The fourth-order valence-electron chi connectivity index (χ4n) is 3.56. The van der Waals surface area contributed by atoms with Crippen LogP contribution in [0.5, 0.6) is 0 Å². The second kappa shape index (κ2) is 10.9. The minimum Gasteiger partial charge on any atom is -0.376 e. The number of hydrogen-bond acceptors (Lipinski definition) is 4. The van der Waals surface area contributed by atoms with Crippen molar-refractivity contribution >= 4 is 34.9 Å². The number of benzene rings is 2. The van der Waals surface area contributed by atoms with E-state index in [0.29, 0.717) is 41.5 Å². The van der Waals surface area contributed by atoms with Crippen LogP contribution in [0.25, 0.3) is 0 Å². The second-order valence-corrected chi connectivity index (χ2v) is 8.43. The number of nitrogens with zero attached hydrogens (tertiary/aromatic N) is 1. The first-order valence-corrected chi connectivity index (χ1v) is 10.8. The van der Waals surface area contributed by atoms with Crippen LogP contribution in [0.2, 0.25) is 10.0 Å². The lowest BCUT2D eigenvalue weighted by Crippen LogP contribution is -2.42. The van der Waals surface area contributed by atoms with Crippen molar-refractivity contribution in [2.24, 2.45) is 5.73 Å². The highest BCUT2D eigenvalue weighted by Crippen LogP contribution is 2.24. The molecule has 1 fully saturated rings. The molecular weight excluding hydrogens is 423 g/mol. The van der Waals surface area contributed by atoms with Gasteiger partial charge in [-0.2, -0.15) is 0 Å². The van der Waals surface area contributed by atoms with Gasteiger partial charge in [-0.15, -0.1) is 0 Å². The number of Topliss-reactive ketones (excluding diaryl/α,β-unsaturated/α-hetero) is 1. The monoisotopic (exact) mass is 448 g/mol. The van der Waals surface area contributed by atoms with Crippen molar-refractivity contribution < 1.29 is 14.3 Å². The molecule has 1 heterocycles. The molecule has 0 radical (unpaired) electrons. The van der Waals surface area contributed by atoms with Crippen molar-refractivity contribution in [2.75, 3.05) is 19.7 Å². The molecule has 0 bridgehead atoms. The van der Waals surface area contributed by atoms with Gasteiger partial charge in [0, 0.05) is 38.0 Å². The van der Waals surface area contributed by atoms with E-state index in [0.717, 1.165) is 37.2 Å². The topological polar surface area (TPSA) is 72.6 Å². The Bertz CT molecular complexity index is 887. The number of hydrogen-bond donors (Lipinski definition) is 1. The van der Waals surface area contributed by atoms with Gasteiger partial charge in [-0.3, -0.25) is 14.5 Å². The molecule has 0 spiro atoms. The van der Waals surface area contributed by atoms with E-state index in [1.165, 1.54) is 0 Å². The summed E-state index contributed by atoms with van der Waals surface area (Å²) in [5, 5.41) is 1.12. The van der Waals surface area contributed by atoms with Gasteiger partial charge >= 0.3 is 0 Å². The first-order valence-electron chi connectivity index (χ1n) is 10.1. The number of aryl methyl sites for hydroxylation is 1. The summed E-state index contributed by atoms with van der Waals surface area (Å²) in [5.41, 5.74) is 7.86. The van der Waals surface area contributed by atoms with Gasteiger partial charge in [0.25, 0.3) is 0 Å². The summed E-state index contributed by atoms with van der Waals surface area (Å²) in [6.07, 6.45) is 2.42. The van der Waals surface area contributed by atoms with Gasteiger partial charge in [0.15, 0.2) is 0 Å². The molecule has 0 aromatic heterocycles. The van der Waals surface area contributed by atoms with Gasteiger partial charge in [-0.1, -0.05) is 41.4 Å². The van der Waals surface area contributed by atoms with Crippen molar-refractivity contribution in [1.82, 2.24) is 4.90 Å². The van der Waals surface area contributed by atoms with E-state index < -0.39 is 5.91 Å². The van der Waals surface area contributed by atoms with Gasteiger partial charge in [0.1, 0.15) is 5.78 Å². The number of carbonyl (C=O) groups is 2. The zero-order chi connectivity index (χ0) is 21.5. The van der Waals surface area contributed by atoms with Crippen LogP contribution in [0.4, 0.5) is 0 Å². The zero-order valence-electron chi connectivity index (χ0n) is 16.8. The Labute approximate surface area is 187 Å². The number of carbonyl (C=O) groups excluding carboxylic acids is 2. The third-order valence-electron chi connectivity index (χ3n) is 5.29. The Hall–Kier alpha value is -1.92. The third-order valence-corrected chi connectivity index (χ3v) is 6.03. The van der Waals surface area contributed by atoms with E-state index in [-0.39, 0.29) is 11.9 Å². The van der Waals surface area contributed by atoms with Crippen molar-refractivity contribution in [1.29, 1.82) is 0 Å². The van der Waals surface area contributed by atoms with E-state index in [1.807, 2.05) is 30.3 Å². The normalized spacial score (nSPS) is 17.1. The molecule has 3 rings (SSSR count). The minimum absolute atomic E-state index is 0.0559. The highest BCUT2D eigenvalue weighted by atomic mass is 35.5. The second-order valence-electron chi connectivity index (χ2n) is 7.61. The molecule has 2 N–H and O–H groups in total. The van der Waals surface area contributed by atoms with E-state index >= 15 is 0 Å². The van der Waals surface area contributed by atoms with Crippen LogP contribution in [0, 0.1) is 0 Å². The van der Waals surface area contributed by atoms with Crippen molar-refractivity contribution in [2.45, 2.75) is 38.3 Å². The lowest BCUT2D eigenvalue weighted by Gasteiger charge is -2.33. The van der Waals surface area contributed by atoms with Gasteiger partial charge in [-0.05, 0) is 48.2 Å². The molecule has 2 aromatic carbocycles. The number of nitrogens with two attached hydrogens (primary N) is 1. The van der Waals surface area contributed by atoms with Gasteiger partial charge in [0.05, 0.1) is 22.8 Å². The van der Waals surface area contributed by atoms with Crippen molar-refractivity contribution in [3.05, 3.63) is 69.2 Å². The van der Waals surface area contributed by atoms with Crippen molar-refractivity contribution in [3.63, 3.8) is 0 Å². The van der Waals surface area contributed by atoms with E-state index in [4.69, 9.17) is 33.7 Å². The van der Waals surface area contributed by atoms with Crippen LogP contribution in [0.1, 0.15) is 40.7 Å². The van der Waals surface area contributed by atoms with Crippen molar-refractivity contribution in [3.8, 4) is 0 Å². The van der Waals surface area contributed by atoms with E-state index in [9.17, 15) is 9.59 Å². The number of amides is 1. The van der Waals surface area contributed by atoms with Gasteiger partial charge in [-0.25, -0.2) is 0 Å². The lowest BCUT2D eigenvalue weighted by atomic mass is 10.0. The molecule has 0 unspecified atom stereocenters. The Morgan fingerprint density at radius 3 is 2.47 bits per heavy atom. The van der Waals surface area contributed by atoms with Gasteiger partial charge < -0.3 is 10.5 Å². The largest absolute Gasteiger partial charge is 0.376 e. The number of morpholine rings is 1. The molecule has 1 amide bonds. The number of ether oxygens (including phenoxy) is 1. The Balaban J connectivity index is 1.40. The maximum Gasteiger partial charge on any atom is 0.248 e. The van der Waals surface area contributed by atoms with Crippen LogP contribution in [0.15, 0.2) is 42.5 Å². The van der Waals surface area contributed by atoms with E-state index in [2.05, 4.69) is 4.90 Å². The minimum atomic E-state index is -0.446. The first-order chi connectivity index (χ1) is 14.4. The smallest absolute Gasteiger partial charge is 0.248 e. The molecule has 1 aliphatic rings. The Morgan fingerprint density at radius 2 is 1.77 bits per heavy atom. The summed E-state index contributed by atoms with van der Waals surface area (Å²) >= 11 is 12.1. The molecule has 30 heavy (non-hydrogen) atoms. The Morgan fingerprint density at radius 1 is 1.03 bits per heavy atom. The van der Waals surface area contributed by atoms with E-state index in [1.54, 1.807) is 12.1 Å². The average molecular weight is 449 g/mol. The predicted octanol–water partition coefficient (Wildman–Crippen LogP) is 4.28. The molecule has 0 saturated carbocycles. The average Bonchev–Trinajstić information content (AvgIpc) is 2.74. The summed E-state index contributed by atoms with van der Waals surface area (Å²) in [6, 6.07) is 12.8. The highest BCUT2D eigenvalue weighted by molar-refractivity contribution is 6.42. The van der Waals surface area contributed by atoms with Crippen LogP contribution in [-0.4, -0.2) is 42.4 Å². The summed E-state index contributed by atoms with van der Waals surface area (Å²) in [6.45, 7) is 3.09. The molecular formula is C23H26Cl2N2O3. The number of ketones is 1. The third kappa shape index (κ3) is 6.81. The standard InChI is InChI=1S/C23H26Cl2N2O3/c24-21-10-4-17(13-22(21)25)14-27-11-12-30-20(15-27)9-8-19(28)7-3-16-1-5-18(6-2-16)23(26)29/h1-2,4-6,10,13,20H,3,7-9,11-12,14-15H2,(H2,26,29)/t20-/m0/s1. The molecule has 5 nitrogen and oxygen atoms in total. The molecule has 160 valence electrons. The molecule has 7 heteroatoms. The fraction of sp³-hybridized carbons (Fsp3) is 0.391. The predicted molar refractivity (Wildman–Crippen MR) is 119 cm³/mol. The maximum absolute atomic E-state index is 12.3. The molecule has 1 atom stereocenters. The summed E-state index contributed by atoms with van der Waals surface area (Å²) in [4.78, 5) is 25.7. The van der Waals surface area contributed by atoms with Crippen LogP contribution >= 0.6 is 23.2 Å². The number of halogens is 2. The van der Waals surface area contributed by atoms with Crippen LogP contribution < -0.4 is 5.73 Å². The lowest BCUT2D eigenvalue weighted by molar-refractivity contribution is -0.120. The molecule has 2 aromatic rings. The highest BCUT2D eigenvalue weighted by Gasteiger charge is 2.21. The molecule has 0 aliphatic carbocycles. The summed E-state index contributed by atoms with van der Waals surface area (Å²) in [5.74, 6) is -0.225. The maximum atomic E-state index is 12.3. The van der Waals surface area contributed by atoms with Gasteiger partial charge in [0.2, 0.25) is 5.91 Å². The molecule has 1 aliphatic heterocycles.